The summed E-state index contributed by atoms with van der Waals surface area (Å²) >= 11 is 7.68. The Labute approximate surface area is 283 Å². The highest BCUT2D eigenvalue weighted by molar-refractivity contribution is 7.92. The van der Waals surface area contributed by atoms with Crippen molar-refractivity contribution in [3.05, 3.63) is 130 Å². The molecule has 47 heavy (non-hydrogen) atoms. The van der Waals surface area contributed by atoms with Crippen molar-refractivity contribution >= 4 is 61.4 Å². The summed E-state index contributed by atoms with van der Waals surface area (Å²) in [6.07, 6.45) is 1.70. The number of amides is 3. The molecule has 4 aromatic carbocycles. The standard InChI is InChI=1S/C35H34ClN5O4S2/c1-23(33(37)42)24-15-19-29(20-16-24)41(22-21-30(25-9-5-3-6-10-25)26-11-7-4-8-12-26)35(43)39-34-38-31(32(36)46-34)27-13-17-28(18-14-27)40-47(2,44)45/h3-20,23,30,40H,21-22H2,1-2H3,(H2,37,42)(H,38,39,43). The minimum absolute atomic E-state index is 0.0305. The molecule has 0 fully saturated rings. The van der Waals surface area contributed by atoms with Gasteiger partial charge in [0.05, 0.1) is 12.2 Å². The Bertz CT molecular complexity index is 1900. The Kier molecular flexibility index (Phi) is 10.6. The molecule has 5 rings (SSSR count). The number of rotatable bonds is 12. The molecular weight excluding hydrogens is 654 g/mol. The van der Waals surface area contributed by atoms with Crippen LogP contribution in [0.5, 0.6) is 0 Å². The molecule has 1 aromatic heterocycles. The zero-order chi connectivity index (χ0) is 33.6. The molecule has 0 saturated heterocycles. The van der Waals surface area contributed by atoms with Gasteiger partial charge < -0.3 is 5.73 Å². The van der Waals surface area contributed by atoms with Crippen LogP contribution in [0, 0.1) is 0 Å². The van der Waals surface area contributed by atoms with Gasteiger partial charge in [0.1, 0.15) is 10.0 Å². The lowest BCUT2D eigenvalue weighted by Crippen LogP contribution is -2.36. The summed E-state index contributed by atoms with van der Waals surface area (Å²) in [7, 11) is -3.42. The molecular formula is C35H34ClN5O4S2. The van der Waals surface area contributed by atoms with Gasteiger partial charge in [0, 0.05) is 29.4 Å². The van der Waals surface area contributed by atoms with Crippen LogP contribution in [-0.4, -0.2) is 38.1 Å². The van der Waals surface area contributed by atoms with Crippen LogP contribution in [0.3, 0.4) is 0 Å². The molecule has 1 heterocycles. The number of anilines is 3. The number of carbonyl (C=O) groups excluding carboxylic acids is 2. The summed E-state index contributed by atoms with van der Waals surface area (Å²) in [5, 5.41) is 3.22. The number of halogens is 1. The maximum Gasteiger partial charge on any atom is 0.328 e. The zero-order valence-electron chi connectivity index (χ0n) is 25.8. The largest absolute Gasteiger partial charge is 0.369 e. The number of primary amides is 1. The summed E-state index contributed by atoms with van der Waals surface area (Å²) < 4.78 is 25.9. The molecule has 0 radical (unpaired) electrons. The normalized spacial score (nSPS) is 12.0. The predicted molar refractivity (Wildman–Crippen MR) is 191 cm³/mol. The molecule has 0 saturated carbocycles. The summed E-state index contributed by atoms with van der Waals surface area (Å²) in [5.74, 6) is -0.874. The lowest BCUT2D eigenvalue weighted by Gasteiger charge is -2.26. The highest BCUT2D eigenvalue weighted by Crippen LogP contribution is 2.36. The van der Waals surface area contributed by atoms with E-state index in [-0.39, 0.29) is 5.92 Å². The van der Waals surface area contributed by atoms with E-state index < -0.39 is 27.9 Å². The molecule has 3 amide bonds. The Morgan fingerprint density at radius 2 is 1.45 bits per heavy atom. The van der Waals surface area contributed by atoms with Gasteiger partial charge in [-0.2, -0.15) is 0 Å². The van der Waals surface area contributed by atoms with E-state index in [1.165, 1.54) is 0 Å². The molecule has 1 atom stereocenters. The second kappa shape index (κ2) is 14.8. The molecule has 0 spiro atoms. The Morgan fingerprint density at radius 1 is 0.872 bits per heavy atom. The molecule has 4 N–H and O–H groups in total. The van der Waals surface area contributed by atoms with Gasteiger partial charge in [0.25, 0.3) is 0 Å². The van der Waals surface area contributed by atoms with Crippen LogP contribution in [0.1, 0.15) is 41.9 Å². The molecule has 12 heteroatoms. The van der Waals surface area contributed by atoms with Crippen LogP contribution in [0.2, 0.25) is 4.34 Å². The van der Waals surface area contributed by atoms with Gasteiger partial charge in [-0.15, -0.1) is 0 Å². The van der Waals surface area contributed by atoms with Gasteiger partial charge in [-0.1, -0.05) is 108 Å². The van der Waals surface area contributed by atoms with Crippen molar-refractivity contribution in [2.24, 2.45) is 5.73 Å². The van der Waals surface area contributed by atoms with Gasteiger partial charge in [-0.25, -0.2) is 18.2 Å². The number of sulfonamides is 1. The van der Waals surface area contributed by atoms with E-state index in [2.05, 4.69) is 39.3 Å². The highest BCUT2D eigenvalue weighted by atomic mass is 35.5. The third-order valence-corrected chi connectivity index (χ3v) is 9.46. The molecule has 242 valence electrons. The molecule has 9 nitrogen and oxygen atoms in total. The number of benzene rings is 4. The smallest absolute Gasteiger partial charge is 0.328 e. The van der Waals surface area contributed by atoms with Gasteiger partial charge in [0.15, 0.2) is 5.13 Å². The maximum absolute atomic E-state index is 14.0. The van der Waals surface area contributed by atoms with E-state index in [0.29, 0.717) is 45.1 Å². The van der Waals surface area contributed by atoms with E-state index in [4.69, 9.17) is 17.3 Å². The summed E-state index contributed by atoms with van der Waals surface area (Å²) in [6, 6.07) is 33.8. The third-order valence-electron chi connectivity index (χ3n) is 7.68. The Balaban J connectivity index is 1.41. The monoisotopic (exact) mass is 687 g/mol. The van der Waals surface area contributed by atoms with Crippen LogP contribution in [-0.2, 0) is 14.8 Å². The molecule has 5 aromatic rings. The highest BCUT2D eigenvalue weighted by Gasteiger charge is 2.23. The fourth-order valence-corrected chi connectivity index (χ4v) is 6.85. The lowest BCUT2D eigenvalue weighted by atomic mass is 9.88. The quantitative estimate of drug-likeness (QED) is 0.124. The van der Waals surface area contributed by atoms with Crippen molar-refractivity contribution in [1.82, 2.24) is 4.98 Å². The van der Waals surface area contributed by atoms with Gasteiger partial charge in [-0.3, -0.25) is 19.7 Å². The van der Waals surface area contributed by atoms with Crippen molar-refractivity contribution in [2.75, 3.05) is 27.7 Å². The number of nitrogens with zero attached hydrogens (tertiary/aromatic N) is 2. The number of urea groups is 1. The number of nitrogens with two attached hydrogens (primary N) is 1. The van der Waals surface area contributed by atoms with E-state index in [1.54, 1.807) is 60.4 Å². The van der Waals surface area contributed by atoms with Crippen LogP contribution in [0.15, 0.2) is 109 Å². The van der Waals surface area contributed by atoms with Crippen molar-refractivity contribution in [3.8, 4) is 11.3 Å². The van der Waals surface area contributed by atoms with E-state index in [0.717, 1.165) is 34.3 Å². The number of carbonyl (C=O) groups is 2. The van der Waals surface area contributed by atoms with Crippen molar-refractivity contribution in [2.45, 2.75) is 25.2 Å². The number of aromatic nitrogens is 1. The maximum atomic E-state index is 14.0. The second-order valence-electron chi connectivity index (χ2n) is 11.1. The van der Waals surface area contributed by atoms with E-state index >= 15 is 0 Å². The van der Waals surface area contributed by atoms with Crippen LogP contribution < -0.4 is 20.7 Å². The lowest BCUT2D eigenvalue weighted by molar-refractivity contribution is -0.119. The summed E-state index contributed by atoms with van der Waals surface area (Å²) in [6.45, 7) is 2.11. The van der Waals surface area contributed by atoms with Gasteiger partial charge in [-0.05, 0) is 54.3 Å². The molecule has 0 aliphatic rings. The van der Waals surface area contributed by atoms with Crippen LogP contribution in [0.25, 0.3) is 11.3 Å². The minimum Gasteiger partial charge on any atom is -0.369 e. The summed E-state index contributed by atoms with van der Waals surface area (Å²) in [4.78, 5) is 32.0. The summed E-state index contributed by atoms with van der Waals surface area (Å²) in [5.41, 5.74) is 10.7. The molecule has 1 unspecified atom stereocenters. The fraction of sp³-hybridized carbons (Fsp3) is 0.171. The first-order chi connectivity index (χ1) is 22.5. The van der Waals surface area contributed by atoms with Crippen LogP contribution in [0.4, 0.5) is 21.3 Å². The van der Waals surface area contributed by atoms with E-state index in [1.807, 2.05) is 36.4 Å². The van der Waals surface area contributed by atoms with Gasteiger partial charge in [0.2, 0.25) is 15.9 Å². The van der Waals surface area contributed by atoms with E-state index in [9.17, 15) is 18.0 Å². The first-order valence-corrected chi connectivity index (χ1v) is 17.9. The number of thiazole rings is 1. The molecule has 0 aliphatic carbocycles. The average molecular weight is 688 g/mol. The Hall–Kier alpha value is -4.71. The first-order valence-electron chi connectivity index (χ1n) is 14.8. The van der Waals surface area contributed by atoms with Gasteiger partial charge >= 0.3 is 6.03 Å². The molecule has 0 aliphatic heterocycles. The minimum atomic E-state index is -3.42. The number of nitrogens with one attached hydrogen (secondary N) is 2. The van der Waals surface area contributed by atoms with Crippen molar-refractivity contribution in [3.63, 3.8) is 0 Å². The third kappa shape index (κ3) is 8.76. The fourth-order valence-electron chi connectivity index (χ4n) is 5.21. The number of hydrogen-bond donors (Lipinski definition) is 3. The SMILES string of the molecule is CC(C(N)=O)c1ccc(N(CCC(c2ccccc2)c2ccccc2)C(=O)Nc2nc(-c3ccc(NS(C)(=O)=O)cc3)c(Cl)s2)cc1. The van der Waals surface area contributed by atoms with Crippen molar-refractivity contribution in [1.29, 1.82) is 0 Å². The Morgan fingerprint density at radius 3 is 1.98 bits per heavy atom. The van der Waals surface area contributed by atoms with Crippen LogP contribution >= 0.6 is 22.9 Å². The average Bonchev–Trinajstić information content (AvgIpc) is 3.42. The second-order valence-corrected chi connectivity index (χ2v) is 14.4. The number of hydrogen-bond acceptors (Lipinski definition) is 6. The molecule has 0 bridgehead atoms. The first kappa shape index (κ1) is 33.6. The zero-order valence-corrected chi connectivity index (χ0v) is 28.1. The van der Waals surface area contributed by atoms with Crippen molar-refractivity contribution < 1.29 is 18.0 Å². The predicted octanol–water partition coefficient (Wildman–Crippen LogP) is 7.68. The topological polar surface area (TPSA) is 134 Å².